The first-order valence-electron chi connectivity index (χ1n) is 7.82. The van der Waals surface area contributed by atoms with E-state index in [4.69, 9.17) is 15.7 Å². The fourth-order valence-electron chi connectivity index (χ4n) is 2.58. The molecule has 23 heavy (non-hydrogen) atoms. The van der Waals surface area contributed by atoms with Crippen LogP contribution in [0.5, 0.6) is 0 Å². The number of amides is 1. The Labute approximate surface area is 137 Å². The standard InChI is InChI=1S/C17H24N4O2/c1-17(2,3)23-16(22)21-8-4-7-20(9-10-21)15-6-5-13(12-18)11-14(15)19/h5-6,11H,4,7-10,19H2,1-3H3. The molecule has 6 nitrogen and oxygen atoms in total. The van der Waals surface area contributed by atoms with Gasteiger partial charge < -0.3 is 20.3 Å². The summed E-state index contributed by atoms with van der Waals surface area (Å²) in [5.74, 6) is 0. The zero-order valence-electron chi connectivity index (χ0n) is 14.0. The molecular weight excluding hydrogens is 292 g/mol. The number of nitrogen functional groups attached to an aromatic ring is 1. The third-order valence-corrected chi connectivity index (χ3v) is 3.64. The molecule has 1 aromatic carbocycles. The van der Waals surface area contributed by atoms with Gasteiger partial charge in [0, 0.05) is 26.2 Å². The quantitative estimate of drug-likeness (QED) is 0.805. The van der Waals surface area contributed by atoms with Crippen molar-refractivity contribution in [1.82, 2.24) is 4.90 Å². The Kier molecular flexibility index (Phi) is 4.99. The molecule has 1 amide bonds. The summed E-state index contributed by atoms with van der Waals surface area (Å²) in [5, 5.41) is 8.92. The van der Waals surface area contributed by atoms with E-state index in [1.54, 1.807) is 17.0 Å². The van der Waals surface area contributed by atoms with Crippen LogP contribution in [0.25, 0.3) is 0 Å². The fourth-order valence-corrected chi connectivity index (χ4v) is 2.58. The Morgan fingerprint density at radius 1 is 1.26 bits per heavy atom. The maximum absolute atomic E-state index is 12.2. The van der Waals surface area contributed by atoms with Crippen LogP contribution in [0.15, 0.2) is 18.2 Å². The number of carbonyl (C=O) groups is 1. The van der Waals surface area contributed by atoms with Crippen molar-refractivity contribution in [2.75, 3.05) is 36.8 Å². The van der Waals surface area contributed by atoms with E-state index >= 15 is 0 Å². The van der Waals surface area contributed by atoms with Gasteiger partial charge in [-0.3, -0.25) is 0 Å². The van der Waals surface area contributed by atoms with Crippen LogP contribution in [-0.2, 0) is 4.74 Å². The monoisotopic (exact) mass is 316 g/mol. The smallest absolute Gasteiger partial charge is 0.410 e. The largest absolute Gasteiger partial charge is 0.444 e. The van der Waals surface area contributed by atoms with E-state index in [0.717, 1.165) is 18.7 Å². The van der Waals surface area contributed by atoms with Gasteiger partial charge in [0.1, 0.15) is 5.60 Å². The van der Waals surface area contributed by atoms with Crippen molar-refractivity contribution in [2.24, 2.45) is 0 Å². The van der Waals surface area contributed by atoms with Crippen LogP contribution in [0.3, 0.4) is 0 Å². The van der Waals surface area contributed by atoms with Crippen molar-refractivity contribution in [2.45, 2.75) is 32.8 Å². The third-order valence-electron chi connectivity index (χ3n) is 3.64. The lowest BCUT2D eigenvalue weighted by Gasteiger charge is -2.27. The van der Waals surface area contributed by atoms with Crippen LogP contribution < -0.4 is 10.6 Å². The number of benzene rings is 1. The zero-order chi connectivity index (χ0) is 17.0. The predicted octanol–water partition coefficient (Wildman–Crippen LogP) is 2.59. The molecule has 1 aliphatic heterocycles. The first-order valence-corrected chi connectivity index (χ1v) is 7.82. The highest BCUT2D eigenvalue weighted by Crippen LogP contribution is 2.25. The molecule has 0 bridgehead atoms. The van der Waals surface area contributed by atoms with Crippen molar-refractivity contribution in [1.29, 1.82) is 5.26 Å². The minimum absolute atomic E-state index is 0.271. The normalized spacial score (nSPS) is 15.7. The number of nitrogens with two attached hydrogens (primary N) is 1. The topological polar surface area (TPSA) is 82.6 Å². The average molecular weight is 316 g/mol. The Balaban J connectivity index is 2.04. The lowest BCUT2D eigenvalue weighted by atomic mass is 10.1. The van der Waals surface area contributed by atoms with Gasteiger partial charge in [-0.05, 0) is 45.4 Å². The zero-order valence-corrected chi connectivity index (χ0v) is 14.0. The van der Waals surface area contributed by atoms with E-state index in [-0.39, 0.29) is 6.09 Å². The summed E-state index contributed by atoms with van der Waals surface area (Å²) in [6.07, 6.45) is 0.575. The van der Waals surface area contributed by atoms with E-state index in [1.807, 2.05) is 26.8 Å². The molecule has 1 heterocycles. The number of carbonyl (C=O) groups excluding carboxylic acids is 1. The molecule has 1 fully saturated rings. The number of rotatable bonds is 1. The Morgan fingerprint density at radius 2 is 2.00 bits per heavy atom. The summed E-state index contributed by atoms with van der Waals surface area (Å²) in [6, 6.07) is 7.41. The maximum Gasteiger partial charge on any atom is 0.410 e. The number of anilines is 2. The SMILES string of the molecule is CC(C)(C)OC(=O)N1CCCN(c2ccc(C#N)cc2N)CC1. The average Bonchev–Trinajstić information content (AvgIpc) is 2.71. The molecule has 0 aliphatic carbocycles. The molecule has 1 aliphatic rings. The summed E-state index contributed by atoms with van der Waals surface area (Å²) in [5.41, 5.74) is 7.63. The van der Waals surface area contributed by atoms with Crippen LogP contribution in [-0.4, -0.2) is 42.8 Å². The van der Waals surface area contributed by atoms with E-state index in [1.165, 1.54) is 0 Å². The first-order chi connectivity index (χ1) is 10.8. The number of hydrogen-bond acceptors (Lipinski definition) is 5. The molecule has 0 radical (unpaired) electrons. The molecule has 2 rings (SSSR count). The van der Waals surface area contributed by atoms with Crippen LogP contribution >= 0.6 is 0 Å². The second-order valence-corrected chi connectivity index (χ2v) is 6.69. The summed E-state index contributed by atoms with van der Waals surface area (Å²) >= 11 is 0. The van der Waals surface area contributed by atoms with Crippen molar-refractivity contribution in [3.8, 4) is 6.07 Å². The van der Waals surface area contributed by atoms with Gasteiger partial charge in [-0.1, -0.05) is 0 Å². The molecule has 2 N–H and O–H groups in total. The van der Waals surface area contributed by atoms with Gasteiger partial charge in [0.25, 0.3) is 0 Å². The molecule has 0 spiro atoms. The number of nitrogens with zero attached hydrogens (tertiary/aromatic N) is 3. The Morgan fingerprint density at radius 3 is 2.61 bits per heavy atom. The van der Waals surface area contributed by atoms with Crippen molar-refractivity contribution in [3.05, 3.63) is 23.8 Å². The van der Waals surface area contributed by atoms with Crippen molar-refractivity contribution < 1.29 is 9.53 Å². The molecule has 0 atom stereocenters. The van der Waals surface area contributed by atoms with Crippen molar-refractivity contribution in [3.63, 3.8) is 0 Å². The molecule has 1 saturated heterocycles. The first kappa shape index (κ1) is 16.9. The minimum Gasteiger partial charge on any atom is -0.444 e. The number of hydrogen-bond donors (Lipinski definition) is 1. The predicted molar refractivity (Wildman–Crippen MR) is 90.2 cm³/mol. The van der Waals surface area contributed by atoms with Crippen molar-refractivity contribution >= 4 is 17.5 Å². The van der Waals surface area contributed by atoms with Gasteiger partial charge >= 0.3 is 6.09 Å². The summed E-state index contributed by atoms with van der Waals surface area (Å²) in [4.78, 5) is 16.1. The molecule has 1 aromatic rings. The van der Waals surface area contributed by atoms with Gasteiger partial charge in [0.05, 0.1) is 23.0 Å². The van der Waals surface area contributed by atoms with E-state index in [2.05, 4.69) is 11.0 Å². The molecule has 0 aromatic heterocycles. The third kappa shape index (κ3) is 4.52. The minimum atomic E-state index is -0.485. The van der Waals surface area contributed by atoms with Gasteiger partial charge in [0.15, 0.2) is 0 Å². The molecule has 0 saturated carbocycles. The second-order valence-electron chi connectivity index (χ2n) is 6.69. The summed E-state index contributed by atoms with van der Waals surface area (Å²) in [6.45, 7) is 8.37. The van der Waals surface area contributed by atoms with E-state index in [9.17, 15) is 4.79 Å². The highest BCUT2D eigenvalue weighted by Gasteiger charge is 2.24. The summed E-state index contributed by atoms with van der Waals surface area (Å²) in [7, 11) is 0. The van der Waals surface area contributed by atoms with Crippen LogP contribution in [0.1, 0.15) is 32.8 Å². The lowest BCUT2D eigenvalue weighted by molar-refractivity contribution is 0.0263. The molecule has 124 valence electrons. The summed E-state index contributed by atoms with van der Waals surface area (Å²) < 4.78 is 5.44. The van der Waals surface area contributed by atoms with E-state index < -0.39 is 5.60 Å². The number of nitriles is 1. The van der Waals surface area contributed by atoms with Crippen LogP contribution in [0, 0.1) is 11.3 Å². The van der Waals surface area contributed by atoms with Gasteiger partial charge in [0.2, 0.25) is 0 Å². The maximum atomic E-state index is 12.2. The van der Waals surface area contributed by atoms with Crippen LogP contribution in [0.2, 0.25) is 0 Å². The molecule has 6 heteroatoms. The molecule has 0 unspecified atom stereocenters. The Hall–Kier alpha value is -2.42. The van der Waals surface area contributed by atoms with Crippen LogP contribution in [0.4, 0.5) is 16.2 Å². The van der Waals surface area contributed by atoms with Gasteiger partial charge in [-0.15, -0.1) is 0 Å². The highest BCUT2D eigenvalue weighted by atomic mass is 16.6. The molecular formula is C17H24N4O2. The van der Waals surface area contributed by atoms with Gasteiger partial charge in [-0.25, -0.2) is 4.79 Å². The van der Waals surface area contributed by atoms with Gasteiger partial charge in [-0.2, -0.15) is 5.26 Å². The highest BCUT2D eigenvalue weighted by molar-refractivity contribution is 5.71. The van der Waals surface area contributed by atoms with E-state index in [0.29, 0.717) is 30.9 Å². The lowest BCUT2D eigenvalue weighted by Crippen LogP contribution is -2.39. The number of ether oxygens (including phenoxy) is 1. The Bertz CT molecular complexity index is 616. The fraction of sp³-hybridized carbons (Fsp3) is 0.529. The second kappa shape index (κ2) is 6.78.